The molecule has 1 aliphatic rings. The van der Waals surface area contributed by atoms with E-state index in [-0.39, 0.29) is 0 Å². The average Bonchev–Trinajstić information content (AvgIpc) is 2.82. The summed E-state index contributed by atoms with van der Waals surface area (Å²) in [7, 11) is 0. The Hall–Kier alpha value is -1.83. The van der Waals surface area contributed by atoms with Crippen LogP contribution in [0.1, 0.15) is 96.5 Å². The number of rotatable bonds is 13. The Bertz CT molecular complexity index is 713. The highest BCUT2D eigenvalue weighted by molar-refractivity contribution is 5.60. The van der Waals surface area contributed by atoms with Crippen molar-refractivity contribution in [2.24, 2.45) is 11.8 Å². The first kappa shape index (κ1) is 23.8. The zero-order valence-corrected chi connectivity index (χ0v) is 20.0. The second-order valence-electron chi connectivity index (χ2n) is 9.55. The molecule has 0 amide bonds. The standard InChI is InChI=1S/C29H43NO/c1-3-5-7-8-9-24-10-12-25(13-11-24)14-15-26-16-21-29(30-23-26)27-17-19-28(20-18-27)31-22-6-4-2/h16-21,23-25H,3-15,22H2,1-2H3. The Kier molecular flexibility index (Phi) is 10.4. The van der Waals surface area contributed by atoms with Crippen LogP contribution in [0.2, 0.25) is 0 Å². The third kappa shape index (κ3) is 8.31. The topological polar surface area (TPSA) is 22.1 Å². The van der Waals surface area contributed by atoms with Gasteiger partial charge in [-0.2, -0.15) is 0 Å². The van der Waals surface area contributed by atoms with Crippen molar-refractivity contribution in [1.29, 1.82) is 0 Å². The number of aromatic nitrogens is 1. The average molecular weight is 422 g/mol. The second-order valence-corrected chi connectivity index (χ2v) is 9.55. The zero-order valence-electron chi connectivity index (χ0n) is 20.0. The Morgan fingerprint density at radius 3 is 2.13 bits per heavy atom. The van der Waals surface area contributed by atoms with Crippen LogP contribution < -0.4 is 4.74 Å². The van der Waals surface area contributed by atoms with Gasteiger partial charge in [0, 0.05) is 11.8 Å². The van der Waals surface area contributed by atoms with Crippen LogP contribution in [0.3, 0.4) is 0 Å². The summed E-state index contributed by atoms with van der Waals surface area (Å²) in [5, 5.41) is 0. The van der Waals surface area contributed by atoms with E-state index in [1.54, 1.807) is 0 Å². The fourth-order valence-corrected chi connectivity index (χ4v) is 4.84. The van der Waals surface area contributed by atoms with Crippen LogP contribution in [0, 0.1) is 11.8 Å². The molecule has 2 heteroatoms. The SMILES string of the molecule is CCCCCCC1CCC(CCc2ccc(-c3ccc(OCCCC)cc3)nc2)CC1. The number of nitrogens with zero attached hydrogens (tertiary/aromatic N) is 1. The van der Waals surface area contributed by atoms with Gasteiger partial charge in [-0.05, 0) is 67.0 Å². The van der Waals surface area contributed by atoms with E-state index in [1.807, 2.05) is 0 Å². The van der Waals surface area contributed by atoms with Crippen molar-refractivity contribution in [2.45, 2.75) is 97.3 Å². The number of ether oxygens (including phenoxy) is 1. The molecule has 0 radical (unpaired) electrons. The van der Waals surface area contributed by atoms with E-state index in [0.717, 1.165) is 48.3 Å². The van der Waals surface area contributed by atoms with Gasteiger partial charge >= 0.3 is 0 Å². The molecule has 31 heavy (non-hydrogen) atoms. The lowest BCUT2D eigenvalue weighted by atomic mass is 9.78. The fraction of sp³-hybridized carbons (Fsp3) is 0.621. The maximum atomic E-state index is 5.76. The molecule has 2 aromatic rings. The van der Waals surface area contributed by atoms with Crippen molar-refractivity contribution < 1.29 is 4.74 Å². The smallest absolute Gasteiger partial charge is 0.119 e. The normalized spacial score (nSPS) is 18.8. The summed E-state index contributed by atoms with van der Waals surface area (Å²) < 4.78 is 5.76. The molecule has 0 aliphatic heterocycles. The molecular weight excluding hydrogens is 378 g/mol. The van der Waals surface area contributed by atoms with Crippen LogP contribution in [0.15, 0.2) is 42.6 Å². The first-order valence-corrected chi connectivity index (χ1v) is 13.0. The van der Waals surface area contributed by atoms with Crippen LogP contribution in [0.5, 0.6) is 5.75 Å². The summed E-state index contributed by atoms with van der Waals surface area (Å²) in [4.78, 5) is 4.74. The number of benzene rings is 1. The molecule has 0 N–H and O–H groups in total. The molecular formula is C29H43NO. The molecule has 0 bridgehead atoms. The van der Waals surface area contributed by atoms with E-state index < -0.39 is 0 Å². The summed E-state index contributed by atoms with van der Waals surface area (Å²) in [6, 6.07) is 12.8. The van der Waals surface area contributed by atoms with Gasteiger partial charge in [0.05, 0.1) is 12.3 Å². The molecule has 3 rings (SSSR count). The summed E-state index contributed by atoms with van der Waals surface area (Å²) in [6.45, 7) is 5.28. The van der Waals surface area contributed by atoms with Gasteiger partial charge in [0.25, 0.3) is 0 Å². The van der Waals surface area contributed by atoms with Gasteiger partial charge in [-0.1, -0.05) is 84.1 Å². The quantitative estimate of drug-likeness (QED) is 0.302. The lowest BCUT2D eigenvalue weighted by Gasteiger charge is -2.28. The zero-order chi connectivity index (χ0) is 21.7. The molecule has 1 fully saturated rings. The molecule has 0 atom stereocenters. The third-order valence-electron chi connectivity index (χ3n) is 7.01. The Morgan fingerprint density at radius 1 is 0.774 bits per heavy atom. The first-order chi connectivity index (χ1) is 15.3. The maximum Gasteiger partial charge on any atom is 0.119 e. The Balaban J connectivity index is 1.38. The predicted molar refractivity (Wildman–Crippen MR) is 133 cm³/mol. The van der Waals surface area contributed by atoms with Crippen molar-refractivity contribution in [3.63, 3.8) is 0 Å². The van der Waals surface area contributed by atoms with Crippen molar-refractivity contribution in [3.8, 4) is 17.0 Å². The van der Waals surface area contributed by atoms with E-state index in [2.05, 4.69) is 56.4 Å². The van der Waals surface area contributed by atoms with Gasteiger partial charge in [-0.3, -0.25) is 4.98 Å². The Labute approximate surface area is 190 Å². The number of hydrogen-bond donors (Lipinski definition) is 0. The summed E-state index contributed by atoms with van der Waals surface area (Å²) in [5.74, 6) is 2.88. The molecule has 1 heterocycles. The highest BCUT2D eigenvalue weighted by Crippen LogP contribution is 2.34. The van der Waals surface area contributed by atoms with E-state index in [0.29, 0.717) is 0 Å². The van der Waals surface area contributed by atoms with Crippen LogP contribution in [-0.4, -0.2) is 11.6 Å². The van der Waals surface area contributed by atoms with Crippen molar-refractivity contribution >= 4 is 0 Å². The minimum Gasteiger partial charge on any atom is -0.494 e. The largest absolute Gasteiger partial charge is 0.494 e. The summed E-state index contributed by atoms with van der Waals surface area (Å²) in [6.07, 6.45) is 19.8. The van der Waals surface area contributed by atoms with Crippen LogP contribution in [-0.2, 0) is 6.42 Å². The number of pyridine rings is 1. The highest BCUT2D eigenvalue weighted by atomic mass is 16.5. The molecule has 2 nitrogen and oxygen atoms in total. The predicted octanol–water partition coefficient (Wildman–Crippen LogP) is 8.64. The van der Waals surface area contributed by atoms with Crippen molar-refractivity contribution in [1.82, 2.24) is 4.98 Å². The fourth-order valence-electron chi connectivity index (χ4n) is 4.84. The third-order valence-corrected chi connectivity index (χ3v) is 7.01. The van der Waals surface area contributed by atoms with E-state index in [4.69, 9.17) is 9.72 Å². The minimum absolute atomic E-state index is 0.795. The van der Waals surface area contributed by atoms with Gasteiger partial charge in [-0.25, -0.2) is 0 Å². The van der Waals surface area contributed by atoms with Gasteiger partial charge in [-0.15, -0.1) is 0 Å². The highest BCUT2D eigenvalue weighted by Gasteiger charge is 2.20. The van der Waals surface area contributed by atoms with Gasteiger partial charge < -0.3 is 4.74 Å². The molecule has 1 aromatic heterocycles. The van der Waals surface area contributed by atoms with Crippen LogP contribution >= 0.6 is 0 Å². The molecule has 0 unspecified atom stereocenters. The molecule has 1 aliphatic carbocycles. The molecule has 0 saturated heterocycles. The van der Waals surface area contributed by atoms with Crippen LogP contribution in [0.25, 0.3) is 11.3 Å². The van der Waals surface area contributed by atoms with E-state index in [1.165, 1.54) is 76.2 Å². The van der Waals surface area contributed by atoms with E-state index in [9.17, 15) is 0 Å². The molecule has 1 saturated carbocycles. The monoisotopic (exact) mass is 421 g/mol. The van der Waals surface area contributed by atoms with Gasteiger partial charge in [0.2, 0.25) is 0 Å². The molecule has 170 valence electrons. The van der Waals surface area contributed by atoms with E-state index >= 15 is 0 Å². The van der Waals surface area contributed by atoms with Crippen LogP contribution in [0.4, 0.5) is 0 Å². The first-order valence-electron chi connectivity index (χ1n) is 13.0. The minimum atomic E-state index is 0.795. The maximum absolute atomic E-state index is 5.76. The molecule has 1 aromatic carbocycles. The lowest BCUT2D eigenvalue weighted by Crippen LogP contribution is -2.15. The molecule has 0 spiro atoms. The van der Waals surface area contributed by atoms with Gasteiger partial charge in [0.15, 0.2) is 0 Å². The lowest BCUT2D eigenvalue weighted by molar-refractivity contribution is 0.249. The van der Waals surface area contributed by atoms with Crippen molar-refractivity contribution in [3.05, 3.63) is 48.2 Å². The number of hydrogen-bond acceptors (Lipinski definition) is 2. The Morgan fingerprint density at radius 2 is 1.48 bits per heavy atom. The summed E-state index contributed by atoms with van der Waals surface area (Å²) >= 11 is 0. The van der Waals surface area contributed by atoms with Gasteiger partial charge in [0.1, 0.15) is 5.75 Å². The summed E-state index contributed by atoms with van der Waals surface area (Å²) in [5.41, 5.74) is 3.59. The number of unbranched alkanes of at least 4 members (excludes halogenated alkanes) is 4. The second kappa shape index (κ2) is 13.6. The van der Waals surface area contributed by atoms with Crippen molar-refractivity contribution in [2.75, 3.05) is 6.61 Å². The number of aryl methyl sites for hydroxylation is 1.